The first kappa shape index (κ1) is 19.1. The van der Waals surface area contributed by atoms with Gasteiger partial charge in [-0.3, -0.25) is 20.1 Å². The second-order valence-corrected chi connectivity index (χ2v) is 7.61. The summed E-state index contributed by atoms with van der Waals surface area (Å²) in [5.74, 6) is 0.0792. The summed E-state index contributed by atoms with van der Waals surface area (Å²) in [6.45, 7) is 0. The van der Waals surface area contributed by atoms with E-state index in [0.29, 0.717) is 11.3 Å². The van der Waals surface area contributed by atoms with Gasteiger partial charge in [-0.1, -0.05) is 6.07 Å². The van der Waals surface area contributed by atoms with Gasteiger partial charge in [0.2, 0.25) is 0 Å². The van der Waals surface area contributed by atoms with Crippen LogP contribution in [-0.2, 0) is 0 Å². The van der Waals surface area contributed by atoms with E-state index in [4.69, 9.17) is 4.74 Å². The highest BCUT2D eigenvalue weighted by atomic mass is 19.1. The van der Waals surface area contributed by atoms with Crippen LogP contribution in [0.25, 0.3) is 55.7 Å². The highest BCUT2D eigenvalue weighted by Gasteiger charge is 2.16. The summed E-state index contributed by atoms with van der Waals surface area (Å²) in [6.07, 6.45) is 6.96. The average molecular weight is 436 g/mol. The van der Waals surface area contributed by atoms with E-state index < -0.39 is 0 Å². The van der Waals surface area contributed by atoms with E-state index >= 15 is 0 Å². The zero-order valence-electron chi connectivity index (χ0n) is 17.5. The number of aromatic nitrogens is 6. The molecule has 5 heterocycles. The van der Waals surface area contributed by atoms with Gasteiger partial charge in [0, 0.05) is 34.8 Å². The molecule has 0 spiro atoms. The van der Waals surface area contributed by atoms with Crippen LogP contribution in [0, 0.1) is 5.82 Å². The Hall–Kier alpha value is -4.59. The third-order valence-corrected chi connectivity index (χ3v) is 5.59. The van der Waals surface area contributed by atoms with E-state index in [9.17, 15) is 4.39 Å². The van der Waals surface area contributed by atoms with Crippen LogP contribution in [0.1, 0.15) is 0 Å². The highest BCUT2D eigenvalue weighted by Crippen LogP contribution is 2.35. The first-order valence-corrected chi connectivity index (χ1v) is 10.3. The zero-order valence-corrected chi connectivity index (χ0v) is 17.5. The fourth-order valence-corrected chi connectivity index (χ4v) is 4.02. The normalized spacial score (nSPS) is 11.3. The van der Waals surface area contributed by atoms with Crippen molar-refractivity contribution in [2.45, 2.75) is 0 Å². The van der Waals surface area contributed by atoms with Gasteiger partial charge in [0.05, 0.1) is 47.6 Å². The Bertz CT molecular complexity index is 1620. The van der Waals surface area contributed by atoms with E-state index in [1.165, 1.54) is 19.2 Å². The number of fused-ring (bicyclic) bond motifs is 2. The Morgan fingerprint density at radius 3 is 2.67 bits per heavy atom. The molecule has 0 radical (unpaired) electrons. The summed E-state index contributed by atoms with van der Waals surface area (Å²) < 4.78 is 19.4. The number of pyridine rings is 3. The van der Waals surface area contributed by atoms with Crippen molar-refractivity contribution in [1.29, 1.82) is 0 Å². The number of halogens is 1. The van der Waals surface area contributed by atoms with Gasteiger partial charge in [0.25, 0.3) is 0 Å². The van der Waals surface area contributed by atoms with Gasteiger partial charge < -0.3 is 9.72 Å². The minimum absolute atomic E-state index is 0.370. The van der Waals surface area contributed by atoms with Crippen LogP contribution in [-0.4, -0.2) is 37.2 Å². The molecule has 0 fully saturated rings. The molecule has 0 aliphatic heterocycles. The molecule has 7 nitrogen and oxygen atoms in total. The molecule has 0 bridgehead atoms. The maximum Gasteiger partial charge on any atom is 0.127 e. The number of nitrogens with zero attached hydrogens (tertiary/aromatic N) is 4. The molecule has 2 N–H and O–H groups in total. The molecule has 0 aliphatic rings. The third-order valence-electron chi connectivity index (χ3n) is 5.59. The Kier molecular flexibility index (Phi) is 4.36. The SMILES string of the molecule is COc1cc(F)cc(-c2cncc3[nH]c(-c4n[nH]c5cnc(-c6ccccn6)cc45)cc23)c1. The van der Waals surface area contributed by atoms with Crippen LogP contribution < -0.4 is 4.74 Å². The highest BCUT2D eigenvalue weighted by molar-refractivity contribution is 6.01. The molecular weight excluding hydrogens is 419 g/mol. The van der Waals surface area contributed by atoms with E-state index in [2.05, 4.69) is 30.1 Å². The lowest BCUT2D eigenvalue weighted by Gasteiger charge is -2.06. The molecule has 0 aliphatic carbocycles. The molecule has 6 rings (SSSR count). The van der Waals surface area contributed by atoms with E-state index in [0.717, 1.165) is 50.1 Å². The first-order valence-electron chi connectivity index (χ1n) is 10.3. The number of ether oxygens (including phenoxy) is 1. The largest absolute Gasteiger partial charge is 0.497 e. The summed E-state index contributed by atoms with van der Waals surface area (Å²) in [6, 6.07) is 14.3. The topological polar surface area (TPSA) is 92.4 Å². The molecule has 0 amide bonds. The molecule has 6 aromatic rings. The van der Waals surface area contributed by atoms with Gasteiger partial charge >= 0.3 is 0 Å². The average Bonchev–Trinajstić information content (AvgIpc) is 3.47. The fraction of sp³-hybridized carbons (Fsp3) is 0.0400. The molecule has 33 heavy (non-hydrogen) atoms. The number of hydrogen-bond donors (Lipinski definition) is 2. The van der Waals surface area contributed by atoms with Crippen LogP contribution in [0.4, 0.5) is 4.39 Å². The Labute approximate surface area is 187 Å². The van der Waals surface area contributed by atoms with Crippen molar-refractivity contribution in [2.75, 3.05) is 7.11 Å². The molecule has 0 atom stereocenters. The number of nitrogens with one attached hydrogen (secondary N) is 2. The fourth-order valence-electron chi connectivity index (χ4n) is 4.02. The lowest BCUT2D eigenvalue weighted by molar-refractivity contribution is 0.411. The van der Waals surface area contributed by atoms with Gasteiger partial charge in [-0.25, -0.2) is 4.39 Å². The maximum absolute atomic E-state index is 14.1. The first-order chi connectivity index (χ1) is 16.2. The third kappa shape index (κ3) is 3.28. The van der Waals surface area contributed by atoms with E-state index in [1.54, 1.807) is 30.9 Å². The smallest absolute Gasteiger partial charge is 0.127 e. The van der Waals surface area contributed by atoms with Crippen molar-refractivity contribution in [3.8, 4) is 39.7 Å². The van der Waals surface area contributed by atoms with Gasteiger partial charge in [-0.15, -0.1) is 0 Å². The van der Waals surface area contributed by atoms with E-state index in [-0.39, 0.29) is 5.82 Å². The molecule has 160 valence electrons. The van der Waals surface area contributed by atoms with Gasteiger partial charge in [-0.2, -0.15) is 5.10 Å². The summed E-state index contributed by atoms with van der Waals surface area (Å²) in [7, 11) is 1.52. The van der Waals surface area contributed by atoms with Crippen LogP contribution in [0.3, 0.4) is 0 Å². The van der Waals surface area contributed by atoms with Gasteiger partial charge in [0.1, 0.15) is 17.3 Å². The van der Waals surface area contributed by atoms with Crippen LogP contribution in [0.15, 0.2) is 73.3 Å². The Balaban J connectivity index is 1.50. The minimum Gasteiger partial charge on any atom is -0.497 e. The number of benzene rings is 1. The monoisotopic (exact) mass is 436 g/mol. The number of methoxy groups -OCH3 is 1. The van der Waals surface area contributed by atoms with Crippen molar-refractivity contribution in [2.24, 2.45) is 0 Å². The quantitative estimate of drug-likeness (QED) is 0.387. The summed E-state index contributed by atoms with van der Waals surface area (Å²) in [4.78, 5) is 16.6. The molecule has 8 heteroatoms. The molecule has 0 saturated heterocycles. The zero-order chi connectivity index (χ0) is 22.4. The summed E-state index contributed by atoms with van der Waals surface area (Å²) in [5, 5.41) is 9.39. The minimum atomic E-state index is -0.370. The van der Waals surface area contributed by atoms with Crippen molar-refractivity contribution in [3.63, 3.8) is 0 Å². The van der Waals surface area contributed by atoms with Crippen molar-refractivity contribution in [1.82, 2.24) is 30.1 Å². The van der Waals surface area contributed by atoms with Crippen molar-refractivity contribution in [3.05, 3.63) is 79.1 Å². The molecule has 5 aromatic heterocycles. The summed E-state index contributed by atoms with van der Waals surface area (Å²) >= 11 is 0. The second-order valence-electron chi connectivity index (χ2n) is 7.61. The Morgan fingerprint density at radius 2 is 1.82 bits per heavy atom. The van der Waals surface area contributed by atoms with Gasteiger partial charge in [0.15, 0.2) is 0 Å². The number of aromatic amines is 2. The van der Waals surface area contributed by atoms with E-state index in [1.807, 2.05) is 30.3 Å². The molecular formula is C25H17FN6O. The number of hydrogen-bond acceptors (Lipinski definition) is 5. The molecule has 1 aromatic carbocycles. The Morgan fingerprint density at radius 1 is 0.879 bits per heavy atom. The van der Waals surface area contributed by atoms with Crippen molar-refractivity contribution >= 4 is 21.8 Å². The van der Waals surface area contributed by atoms with Crippen LogP contribution in [0.2, 0.25) is 0 Å². The number of rotatable bonds is 4. The standard InChI is InChI=1S/C25H17FN6O/c1-33-16-7-14(6-15(26)8-16)19-11-27-12-23-17(19)9-22(30-23)25-18-10-21(20-4-2-3-5-28-20)29-13-24(18)31-32-25/h2-13,30H,1H3,(H,31,32). The predicted octanol–water partition coefficient (Wildman–Crippen LogP) is 5.38. The lowest BCUT2D eigenvalue weighted by atomic mass is 10.0. The molecule has 0 unspecified atom stereocenters. The van der Waals surface area contributed by atoms with Crippen molar-refractivity contribution < 1.29 is 9.13 Å². The van der Waals surface area contributed by atoms with Crippen LogP contribution in [0.5, 0.6) is 5.75 Å². The lowest BCUT2D eigenvalue weighted by Crippen LogP contribution is -1.88. The summed E-state index contributed by atoms with van der Waals surface area (Å²) in [5.41, 5.74) is 6.23. The van der Waals surface area contributed by atoms with Gasteiger partial charge in [-0.05, 0) is 42.0 Å². The number of H-pyrrole nitrogens is 2. The second kappa shape index (κ2) is 7.52. The van der Waals surface area contributed by atoms with Crippen LogP contribution >= 0.6 is 0 Å². The predicted molar refractivity (Wildman–Crippen MR) is 124 cm³/mol. The maximum atomic E-state index is 14.1. The molecule has 0 saturated carbocycles.